The van der Waals surface area contributed by atoms with E-state index in [4.69, 9.17) is 9.47 Å². The molecule has 2 aromatic carbocycles. The molecule has 0 heterocycles. The van der Waals surface area contributed by atoms with Crippen LogP contribution in [0.5, 0.6) is 11.5 Å². The number of hydrogen-bond donors (Lipinski definition) is 0. The largest absolute Gasteiger partial charge is 0.422 e. The van der Waals surface area contributed by atoms with E-state index < -0.39 is 11.9 Å². The van der Waals surface area contributed by atoms with Crippen molar-refractivity contribution in [2.75, 3.05) is 0 Å². The van der Waals surface area contributed by atoms with Crippen LogP contribution in [0.2, 0.25) is 0 Å². The average molecular weight is 455 g/mol. The lowest BCUT2D eigenvalue weighted by atomic mass is 9.78. The molecule has 0 N–H and O–H groups in total. The lowest BCUT2D eigenvalue weighted by Crippen LogP contribution is -2.21. The molecule has 2 unspecified atom stereocenters. The second-order valence-corrected chi connectivity index (χ2v) is 9.30. The van der Waals surface area contributed by atoms with Crippen LogP contribution in [0.3, 0.4) is 0 Å². The zero-order valence-electron chi connectivity index (χ0n) is 16.9. The smallest absolute Gasteiger partial charge is 0.338 e. The van der Waals surface area contributed by atoms with Gasteiger partial charge in [-0.15, -0.1) is 0 Å². The topological polar surface area (TPSA) is 52.6 Å². The van der Waals surface area contributed by atoms with E-state index in [9.17, 15) is 9.59 Å². The maximum Gasteiger partial charge on any atom is 0.338 e. The summed E-state index contributed by atoms with van der Waals surface area (Å²) in [6.07, 6.45) is 2.98. The maximum absolute atomic E-state index is 12.5. The molecule has 0 radical (unpaired) electrons. The molecule has 2 atom stereocenters. The van der Waals surface area contributed by atoms with Crippen molar-refractivity contribution in [2.24, 2.45) is 0 Å². The summed E-state index contributed by atoms with van der Waals surface area (Å²) in [6.45, 7) is 12.9. The highest BCUT2D eigenvalue weighted by Gasteiger charge is 2.51. The highest BCUT2D eigenvalue weighted by Crippen LogP contribution is 2.64. The van der Waals surface area contributed by atoms with Gasteiger partial charge in [0.05, 0.1) is 0 Å². The van der Waals surface area contributed by atoms with Crippen LogP contribution in [0.4, 0.5) is 0 Å². The molecule has 0 saturated heterocycles. The molecule has 0 amide bonds. The van der Waals surface area contributed by atoms with Crippen molar-refractivity contribution in [3.8, 4) is 11.5 Å². The van der Waals surface area contributed by atoms with Crippen molar-refractivity contribution in [3.63, 3.8) is 0 Å². The molecule has 4 nitrogen and oxygen atoms in total. The fourth-order valence-corrected chi connectivity index (χ4v) is 5.27. The Morgan fingerprint density at radius 2 is 1.72 bits per heavy atom. The summed E-state index contributed by atoms with van der Waals surface area (Å²) in [7, 11) is 0. The lowest BCUT2D eigenvalue weighted by molar-refractivity contribution is -0.131. The Balaban J connectivity index is 2.08. The fourth-order valence-electron chi connectivity index (χ4n) is 4.72. The predicted molar refractivity (Wildman–Crippen MR) is 116 cm³/mol. The number of ether oxygens (including phenoxy) is 2. The van der Waals surface area contributed by atoms with Gasteiger partial charge in [-0.1, -0.05) is 48.1 Å². The van der Waals surface area contributed by atoms with E-state index in [1.165, 1.54) is 0 Å². The SMILES string of the molecule is C=C(C)C(=O)Oc1c2c(c(OC(=O)C(=C)C)c3c(Br)cccc13)C1CCC2(C)C1. The van der Waals surface area contributed by atoms with Gasteiger partial charge in [-0.25, -0.2) is 9.59 Å². The maximum atomic E-state index is 12.5. The minimum absolute atomic E-state index is 0.119. The van der Waals surface area contributed by atoms with E-state index in [2.05, 4.69) is 36.0 Å². The van der Waals surface area contributed by atoms with Crippen LogP contribution in [0, 0.1) is 0 Å². The summed E-state index contributed by atoms with van der Waals surface area (Å²) in [6, 6.07) is 5.68. The number of carbonyl (C=O) groups excluding carboxylic acids is 2. The number of carbonyl (C=O) groups is 2. The normalized spacial score (nSPS) is 21.7. The molecule has 0 aliphatic heterocycles. The number of fused-ring (bicyclic) bond motifs is 6. The molecular weight excluding hydrogens is 432 g/mol. The first kappa shape index (κ1) is 19.9. The van der Waals surface area contributed by atoms with E-state index in [0.717, 1.165) is 45.6 Å². The second-order valence-electron chi connectivity index (χ2n) is 8.45. The lowest BCUT2D eigenvalue weighted by Gasteiger charge is -2.29. The van der Waals surface area contributed by atoms with Gasteiger partial charge in [-0.2, -0.15) is 0 Å². The fraction of sp³-hybridized carbons (Fsp3) is 0.333. The van der Waals surface area contributed by atoms with Crippen molar-refractivity contribution in [1.29, 1.82) is 0 Å². The summed E-state index contributed by atoms with van der Waals surface area (Å²) < 4.78 is 12.6. The number of rotatable bonds is 4. The zero-order chi connectivity index (χ0) is 21.1. The van der Waals surface area contributed by atoms with Crippen molar-refractivity contribution in [3.05, 3.63) is 58.1 Å². The van der Waals surface area contributed by atoms with Crippen molar-refractivity contribution in [2.45, 2.75) is 51.4 Å². The van der Waals surface area contributed by atoms with Crippen LogP contribution >= 0.6 is 15.9 Å². The standard InChI is InChI=1S/C24H23BrO4/c1-12(2)22(26)28-20-15-7-6-8-16(25)18(15)21(29-23(27)13(3)4)17-14-9-10-24(5,11-14)19(17)20/h6-8,14H,1,3,9-11H2,2,4-5H3. The zero-order valence-corrected chi connectivity index (χ0v) is 18.4. The number of esters is 2. The van der Waals surface area contributed by atoms with Crippen LogP contribution in [0.1, 0.15) is 57.1 Å². The van der Waals surface area contributed by atoms with E-state index in [-0.39, 0.29) is 11.3 Å². The van der Waals surface area contributed by atoms with Gasteiger partial charge < -0.3 is 9.47 Å². The van der Waals surface area contributed by atoms with E-state index >= 15 is 0 Å². The molecular formula is C24H23BrO4. The van der Waals surface area contributed by atoms with Gasteiger partial charge in [-0.05, 0) is 50.5 Å². The number of benzene rings is 2. The molecule has 150 valence electrons. The van der Waals surface area contributed by atoms with Crippen LogP contribution in [-0.4, -0.2) is 11.9 Å². The molecule has 2 aromatic rings. The van der Waals surface area contributed by atoms with E-state index in [1.807, 2.05) is 18.2 Å². The monoisotopic (exact) mass is 454 g/mol. The predicted octanol–water partition coefficient (Wildman–Crippen LogP) is 6.10. The molecule has 29 heavy (non-hydrogen) atoms. The Kier molecular flexibility index (Phi) is 4.69. The van der Waals surface area contributed by atoms with Crippen molar-refractivity contribution in [1.82, 2.24) is 0 Å². The van der Waals surface area contributed by atoms with Gasteiger partial charge in [0.15, 0.2) is 0 Å². The Hall–Kier alpha value is -2.40. The molecule has 4 rings (SSSR count). The Bertz CT molecular complexity index is 1110. The average Bonchev–Trinajstić information content (AvgIpc) is 3.18. The molecule has 2 aliphatic carbocycles. The van der Waals surface area contributed by atoms with Crippen LogP contribution in [0.25, 0.3) is 10.8 Å². The van der Waals surface area contributed by atoms with Gasteiger partial charge in [0.2, 0.25) is 0 Å². The Labute approximate surface area is 178 Å². The molecule has 1 saturated carbocycles. The summed E-state index contributed by atoms with van der Waals surface area (Å²) >= 11 is 3.61. The number of halogens is 1. The first-order chi connectivity index (χ1) is 13.6. The highest BCUT2D eigenvalue weighted by atomic mass is 79.9. The third-order valence-electron chi connectivity index (χ3n) is 6.07. The van der Waals surface area contributed by atoms with Gasteiger partial charge in [0, 0.05) is 37.5 Å². The molecule has 5 heteroatoms. The quantitative estimate of drug-likeness (QED) is 0.317. The summed E-state index contributed by atoms with van der Waals surface area (Å²) in [5, 5.41) is 1.48. The second kappa shape index (κ2) is 6.84. The van der Waals surface area contributed by atoms with Crippen molar-refractivity contribution >= 4 is 38.6 Å². The van der Waals surface area contributed by atoms with E-state index in [1.54, 1.807) is 13.8 Å². The summed E-state index contributed by atoms with van der Waals surface area (Å²) in [5.41, 5.74) is 2.53. The van der Waals surface area contributed by atoms with Gasteiger partial charge in [-0.3, -0.25) is 0 Å². The van der Waals surface area contributed by atoms with Crippen LogP contribution in [0.15, 0.2) is 47.0 Å². The van der Waals surface area contributed by atoms with Gasteiger partial charge in [0.1, 0.15) is 11.5 Å². The molecule has 2 aliphatic rings. The highest BCUT2D eigenvalue weighted by molar-refractivity contribution is 9.10. The third kappa shape index (κ3) is 3.03. The summed E-state index contributed by atoms with van der Waals surface area (Å²) in [4.78, 5) is 24.9. The molecule has 0 aromatic heterocycles. The minimum Gasteiger partial charge on any atom is -0.422 e. The molecule has 2 bridgehead atoms. The van der Waals surface area contributed by atoms with Gasteiger partial charge in [0.25, 0.3) is 0 Å². The van der Waals surface area contributed by atoms with Crippen molar-refractivity contribution < 1.29 is 19.1 Å². The third-order valence-corrected chi connectivity index (χ3v) is 6.73. The summed E-state index contributed by atoms with van der Waals surface area (Å²) in [5.74, 6) is 0.472. The van der Waals surface area contributed by atoms with Gasteiger partial charge >= 0.3 is 11.9 Å². The Morgan fingerprint density at radius 3 is 2.34 bits per heavy atom. The Morgan fingerprint density at radius 1 is 1.10 bits per heavy atom. The minimum atomic E-state index is -0.455. The molecule has 0 spiro atoms. The number of hydrogen-bond acceptors (Lipinski definition) is 4. The van der Waals surface area contributed by atoms with Crippen LogP contribution in [-0.2, 0) is 15.0 Å². The molecule has 1 fully saturated rings. The van der Waals surface area contributed by atoms with Crippen LogP contribution < -0.4 is 9.47 Å². The first-order valence-corrected chi connectivity index (χ1v) is 10.5. The van der Waals surface area contributed by atoms with E-state index in [0.29, 0.717) is 22.6 Å². The first-order valence-electron chi connectivity index (χ1n) is 9.68.